The van der Waals surface area contributed by atoms with Crippen LogP contribution in [0.5, 0.6) is 0 Å². The Morgan fingerprint density at radius 1 is 0.930 bits per heavy atom. The number of aromatic nitrogens is 3. The van der Waals surface area contributed by atoms with Crippen molar-refractivity contribution in [3.63, 3.8) is 0 Å². The van der Waals surface area contributed by atoms with E-state index in [2.05, 4.69) is 20.9 Å². The van der Waals surface area contributed by atoms with E-state index >= 15 is 0 Å². The Bertz CT molecular complexity index is 2380. The van der Waals surface area contributed by atoms with Crippen molar-refractivity contribution < 1.29 is 33.5 Å². The minimum absolute atomic E-state index is 0.0938. The molecule has 0 spiro atoms. The van der Waals surface area contributed by atoms with Crippen LogP contribution in [0.25, 0.3) is 33.2 Å². The lowest BCUT2D eigenvalue weighted by atomic mass is 9.95. The molecule has 4 aromatic rings. The maximum Gasteiger partial charge on any atom is 0.305 e. The van der Waals surface area contributed by atoms with Gasteiger partial charge in [-0.3, -0.25) is 43.4 Å². The number of nitrogens with zero attached hydrogens (tertiary/aromatic N) is 4. The molecule has 1 atom stereocenters. The molecule has 0 bridgehead atoms. The van der Waals surface area contributed by atoms with Gasteiger partial charge in [-0.2, -0.15) is 0 Å². The number of amides is 5. The third kappa shape index (κ3) is 8.61. The number of esters is 1. The van der Waals surface area contributed by atoms with Crippen molar-refractivity contribution in [1.82, 2.24) is 30.1 Å². The fourth-order valence-electron chi connectivity index (χ4n) is 7.32. The van der Waals surface area contributed by atoms with Gasteiger partial charge in [0.25, 0.3) is 17.4 Å². The van der Waals surface area contributed by atoms with Gasteiger partial charge in [0, 0.05) is 47.9 Å². The highest BCUT2D eigenvalue weighted by Gasteiger charge is 2.29. The van der Waals surface area contributed by atoms with Crippen molar-refractivity contribution in [2.24, 2.45) is 5.92 Å². The van der Waals surface area contributed by atoms with Crippen LogP contribution in [0.1, 0.15) is 82.1 Å². The number of fused-ring (bicyclic) bond motifs is 6. The summed E-state index contributed by atoms with van der Waals surface area (Å²) >= 11 is 0. The van der Waals surface area contributed by atoms with Gasteiger partial charge < -0.3 is 25.3 Å². The number of aryl methyl sites for hydroxylation is 2. The highest BCUT2D eigenvalue weighted by Crippen LogP contribution is 2.39. The van der Waals surface area contributed by atoms with Crippen molar-refractivity contribution in [2.45, 2.75) is 92.3 Å². The summed E-state index contributed by atoms with van der Waals surface area (Å²) in [5.74, 6) is -2.58. The van der Waals surface area contributed by atoms with Crippen molar-refractivity contribution >= 4 is 63.0 Å². The molecule has 1 aromatic carbocycles. The van der Waals surface area contributed by atoms with E-state index in [4.69, 9.17) is 9.72 Å². The second-order valence-electron chi connectivity index (χ2n) is 14.6. The van der Waals surface area contributed by atoms with Crippen LogP contribution in [-0.2, 0) is 53.1 Å². The third-order valence-corrected chi connectivity index (χ3v) is 10.4. The highest BCUT2D eigenvalue weighted by molar-refractivity contribution is 6.13. The monoisotopic (exact) mass is 777 g/mol. The van der Waals surface area contributed by atoms with E-state index < -0.39 is 17.9 Å². The van der Waals surface area contributed by atoms with Gasteiger partial charge in [-0.1, -0.05) is 34.1 Å². The topological polar surface area (TPSA) is 199 Å². The molecule has 15 heteroatoms. The predicted molar refractivity (Wildman–Crippen MR) is 213 cm³/mol. The molecule has 1 unspecified atom stereocenters. The molecular formula is C42H47N7O8. The molecule has 5 amide bonds. The first-order valence-electron chi connectivity index (χ1n) is 19.3. The molecular weight excluding hydrogens is 731 g/mol. The van der Waals surface area contributed by atoms with E-state index in [0.717, 1.165) is 38.1 Å². The molecule has 57 heavy (non-hydrogen) atoms. The van der Waals surface area contributed by atoms with Gasteiger partial charge in [0.1, 0.15) is 12.6 Å². The lowest BCUT2D eigenvalue weighted by molar-refractivity contribution is -0.144. The molecule has 2 aliphatic rings. The standard InChI is InChI=1S/C42H47N7O8/c1-6-26-28-21-49-32(17-24(5)29(42(49)56)22-57-37(54)7-2)40(28)46-31-13-12-30-27(38(26)31)18-25(19-43-30)45-34(51)20-44-41(55)39(23(3)4)47-33(50)11-9-8-10-16-48-35(52)14-15-36(48)53/h12-15,17-19,23,39H,6-11,16,20-22H2,1-5H3,(H,44,55)(H,45,51)(H,47,50). The molecule has 15 nitrogen and oxygen atoms in total. The number of hydrogen-bond acceptors (Lipinski definition) is 10. The SMILES string of the molecule is CCC(=O)OCc1c(C)cc2n(c1=O)Cc1c-2nc2ccc3ncc(NC(=O)CNC(=O)C(NC(=O)CCCCCN4C(=O)C=CC4=O)C(C)C)cc3c2c1CC. The number of imide groups is 1. The molecule has 0 aliphatic carbocycles. The predicted octanol–water partition coefficient (Wildman–Crippen LogP) is 3.98. The minimum atomic E-state index is -0.859. The smallest absolute Gasteiger partial charge is 0.305 e. The molecule has 3 aromatic heterocycles. The number of hydrogen-bond donors (Lipinski definition) is 3. The van der Waals surface area contributed by atoms with E-state index in [1.807, 2.05) is 38.1 Å². The third-order valence-electron chi connectivity index (χ3n) is 10.4. The lowest BCUT2D eigenvalue weighted by Crippen LogP contribution is -2.51. The Morgan fingerprint density at radius 2 is 1.67 bits per heavy atom. The molecule has 0 fully saturated rings. The molecule has 5 heterocycles. The lowest BCUT2D eigenvalue weighted by Gasteiger charge is -2.21. The summed E-state index contributed by atoms with van der Waals surface area (Å²) in [6.45, 7) is 9.33. The second-order valence-corrected chi connectivity index (χ2v) is 14.6. The largest absolute Gasteiger partial charge is 0.461 e. The summed E-state index contributed by atoms with van der Waals surface area (Å²) in [5, 5.41) is 9.85. The molecule has 2 aliphatic heterocycles. The quantitative estimate of drug-likeness (QED) is 0.0570. The number of rotatable bonds is 16. The van der Waals surface area contributed by atoms with Crippen LogP contribution in [0.4, 0.5) is 5.69 Å². The van der Waals surface area contributed by atoms with Crippen molar-refractivity contribution in [3.05, 3.63) is 75.2 Å². The van der Waals surface area contributed by atoms with Gasteiger partial charge in [0.05, 0.1) is 53.0 Å². The zero-order valence-electron chi connectivity index (χ0n) is 32.8. The van der Waals surface area contributed by atoms with Crippen molar-refractivity contribution in [1.29, 1.82) is 0 Å². The van der Waals surface area contributed by atoms with Crippen LogP contribution in [-0.4, -0.2) is 74.1 Å². The Morgan fingerprint density at radius 3 is 2.37 bits per heavy atom. The van der Waals surface area contributed by atoms with Gasteiger partial charge in [-0.15, -0.1) is 0 Å². The Balaban J connectivity index is 1.10. The van der Waals surface area contributed by atoms with Crippen LogP contribution >= 0.6 is 0 Å². The van der Waals surface area contributed by atoms with Crippen LogP contribution in [0.2, 0.25) is 0 Å². The van der Waals surface area contributed by atoms with E-state index in [1.54, 1.807) is 31.5 Å². The number of carbonyl (C=O) groups is 6. The Labute approximate surface area is 329 Å². The zero-order chi connectivity index (χ0) is 41.0. The Hall–Kier alpha value is -6.25. The van der Waals surface area contributed by atoms with E-state index in [9.17, 15) is 33.6 Å². The molecule has 3 N–H and O–H groups in total. The van der Waals surface area contributed by atoms with Gasteiger partial charge in [0.15, 0.2) is 0 Å². The van der Waals surface area contributed by atoms with Crippen molar-refractivity contribution in [2.75, 3.05) is 18.4 Å². The molecule has 0 saturated heterocycles. The Kier molecular flexibility index (Phi) is 12.2. The first-order valence-corrected chi connectivity index (χ1v) is 19.3. The number of ether oxygens (including phenoxy) is 1. The fraction of sp³-hybridized carbons (Fsp3) is 0.405. The van der Waals surface area contributed by atoms with E-state index in [-0.39, 0.29) is 67.7 Å². The minimum Gasteiger partial charge on any atom is -0.461 e. The fourth-order valence-corrected chi connectivity index (χ4v) is 7.32. The first kappa shape index (κ1) is 40.4. The summed E-state index contributed by atoms with van der Waals surface area (Å²) < 4.78 is 6.99. The van der Waals surface area contributed by atoms with E-state index in [0.29, 0.717) is 60.2 Å². The number of anilines is 1. The van der Waals surface area contributed by atoms with Crippen molar-refractivity contribution in [3.8, 4) is 11.4 Å². The first-order chi connectivity index (χ1) is 27.3. The molecule has 298 valence electrons. The van der Waals surface area contributed by atoms with E-state index in [1.165, 1.54) is 12.2 Å². The maximum atomic E-state index is 13.7. The normalized spacial score (nSPS) is 13.6. The van der Waals surface area contributed by atoms with Crippen LogP contribution in [0.3, 0.4) is 0 Å². The maximum absolute atomic E-state index is 13.7. The summed E-state index contributed by atoms with van der Waals surface area (Å²) in [7, 11) is 0. The molecule has 6 rings (SSSR count). The van der Waals surface area contributed by atoms with Crippen LogP contribution < -0.4 is 21.5 Å². The zero-order valence-corrected chi connectivity index (χ0v) is 32.8. The molecule has 0 saturated carbocycles. The summed E-state index contributed by atoms with van der Waals surface area (Å²) in [5.41, 5.74) is 6.12. The van der Waals surface area contributed by atoms with Gasteiger partial charge in [-0.05, 0) is 67.5 Å². The van der Waals surface area contributed by atoms with Gasteiger partial charge in [-0.25, -0.2) is 4.98 Å². The van der Waals surface area contributed by atoms with Crippen LogP contribution in [0, 0.1) is 12.8 Å². The van der Waals surface area contributed by atoms with Crippen LogP contribution in [0.15, 0.2) is 47.4 Å². The number of carbonyl (C=O) groups excluding carboxylic acids is 6. The summed E-state index contributed by atoms with van der Waals surface area (Å²) in [4.78, 5) is 98.6. The number of unbranched alkanes of at least 4 members (excludes halogenated alkanes) is 2. The highest BCUT2D eigenvalue weighted by atomic mass is 16.5. The second kappa shape index (κ2) is 17.3. The number of nitrogens with one attached hydrogen (secondary N) is 3. The van der Waals surface area contributed by atoms with Gasteiger partial charge in [0.2, 0.25) is 17.7 Å². The number of pyridine rings is 3. The summed E-state index contributed by atoms with van der Waals surface area (Å²) in [6, 6.07) is 6.64. The number of benzene rings is 1. The average molecular weight is 778 g/mol. The molecule has 0 radical (unpaired) electrons. The summed E-state index contributed by atoms with van der Waals surface area (Å²) in [6.07, 6.45) is 6.76. The van der Waals surface area contributed by atoms with Gasteiger partial charge >= 0.3 is 5.97 Å². The average Bonchev–Trinajstić information content (AvgIpc) is 3.71.